The number of hydrogen-bond donors (Lipinski definition) is 2. The number of carbonyl (C=O) groups excluding carboxylic acids is 1. The van der Waals surface area contributed by atoms with E-state index >= 15 is 0 Å². The molecule has 1 heterocycles. The van der Waals surface area contributed by atoms with E-state index in [-0.39, 0.29) is 18.3 Å². The van der Waals surface area contributed by atoms with Crippen molar-refractivity contribution in [2.45, 2.75) is 26.0 Å². The van der Waals surface area contributed by atoms with Crippen molar-refractivity contribution in [1.82, 2.24) is 10.6 Å². The van der Waals surface area contributed by atoms with Gasteiger partial charge in [0.1, 0.15) is 12.4 Å². The van der Waals surface area contributed by atoms with E-state index in [4.69, 9.17) is 4.74 Å². The molecule has 0 radical (unpaired) electrons. The summed E-state index contributed by atoms with van der Waals surface area (Å²) in [5.74, 6) is 1.46. The Morgan fingerprint density at radius 2 is 1.84 bits per heavy atom. The van der Waals surface area contributed by atoms with E-state index in [1.54, 1.807) is 0 Å². The Morgan fingerprint density at radius 3 is 2.52 bits per heavy atom. The van der Waals surface area contributed by atoms with Crippen LogP contribution < -0.4 is 15.4 Å². The zero-order valence-electron chi connectivity index (χ0n) is 14.2. The maximum atomic E-state index is 11.9. The molecular weight excluding hydrogens is 336 g/mol. The van der Waals surface area contributed by atoms with Gasteiger partial charge in [0.2, 0.25) is 5.91 Å². The minimum Gasteiger partial charge on any atom is -0.489 e. The third-order valence-corrected chi connectivity index (χ3v) is 4.30. The fraction of sp³-hybridized carbons (Fsp3) is 0.350. The predicted molar refractivity (Wildman–Crippen MR) is 102 cm³/mol. The Hall–Kier alpha value is -2.04. The molecule has 1 aliphatic heterocycles. The predicted octanol–water partition coefficient (Wildman–Crippen LogP) is 3.30. The molecule has 0 spiro atoms. The van der Waals surface area contributed by atoms with E-state index in [2.05, 4.69) is 10.6 Å². The molecule has 1 unspecified atom stereocenters. The largest absolute Gasteiger partial charge is 0.489 e. The number of halogens is 1. The van der Waals surface area contributed by atoms with Crippen LogP contribution in [0.5, 0.6) is 5.75 Å². The maximum Gasteiger partial charge on any atom is 0.220 e. The average Bonchev–Trinajstić information content (AvgIpc) is 3.13. The zero-order valence-corrected chi connectivity index (χ0v) is 15.1. The van der Waals surface area contributed by atoms with E-state index in [0.717, 1.165) is 36.4 Å². The monoisotopic (exact) mass is 360 g/mol. The van der Waals surface area contributed by atoms with Crippen molar-refractivity contribution >= 4 is 18.3 Å². The lowest BCUT2D eigenvalue weighted by Gasteiger charge is -2.10. The van der Waals surface area contributed by atoms with Gasteiger partial charge in [-0.05, 0) is 48.7 Å². The molecule has 1 aliphatic rings. The lowest BCUT2D eigenvalue weighted by atomic mass is 10.0. The van der Waals surface area contributed by atoms with Crippen molar-refractivity contribution in [2.75, 3.05) is 13.1 Å². The lowest BCUT2D eigenvalue weighted by molar-refractivity contribution is -0.122. The molecule has 4 nitrogen and oxygen atoms in total. The summed E-state index contributed by atoms with van der Waals surface area (Å²) in [6, 6.07) is 18.0. The van der Waals surface area contributed by atoms with Crippen LogP contribution in [0.25, 0.3) is 0 Å². The van der Waals surface area contributed by atoms with Gasteiger partial charge in [-0.25, -0.2) is 0 Å². The Kier molecular flexibility index (Phi) is 7.76. The van der Waals surface area contributed by atoms with Crippen LogP contribution in [0.2, 0.25) is 0 Å². The highest BCUT2D eigenvalue weighted by molar-refractivity contribution is 5.85. The second kappa shape index (κ2) is 10.1. The molecule has 5 heteroatoms. The summed E-state index contributed by atoms with van der Waals surface area (Å²) < 4.78 is 5.77. The van der Waals surface area contributed by atoms with Crippen LogP contribution in [0.3, 0.4) is 0 Å². The number of hydrogen-bond acceptors (Lipinski definition) is 3. The van der Waals surface area contributed by atoms with E-state index in [1.165, 1.54) is 0 Å². The van der Waals surface area contributed by atoms with Crippen LogP contribution in [0, 0.1) is 5.92 Å². The number of amides is 1. The second-order valence-corrected chi connectivity index (χ2v) is 6.26. The van der Waals surface area contributed by atoms with Crippen molar-refractivity contribution in [2.24, 2.45) is 5.92 Å². The Balaban J connectivity index is 0.00000225. The van der Waals surface area contributed by atoms with Gasteiger partial charge in [0.15, 0.2) is 0 Å². The van der Waals surface area contributed by atoms with Gasteiger partial charge in [-0.2, -0.15) is 0 Å². The molecule has 1 fully saturated rings. The van der Waals surface area contributed by atoms with Crippen LogP contribution >= 0.6 is 12.4 Å². The summed E-state index contributed by atoms with van der Waals surface area (Å²) in [4.78, 5) is 11.9. The average molecular weight is 361 g/mol. The molecule has 0 saturated carbocycles. The minimum absolute atomic E-state index is 0. The van der Waals surface area contributed by atoms with Crippen molar-refractivity contribution < 1.29 is 9.53 Å². The summed E-state index contributed by atoms with van der Waals surface area (Å²) in [6.07, 6.45) is 1.71. The number of benzene rings is 2. The first-order chi connectivity index (χ1) is 11.8. The topological polar surface area (TPSA) is 50.4 Å². The Labute approximate surface area is 155 Å². The normalized spacial score (nSPS) is 16.1. The summed E-state index contributed by atoms with van der Waals surface area (Å²) in [5, 5.41) is 6.28. The molecule has 0 bridgehead atoms. The number of carbonyl (C=O) groups is 1. The van der Waals surface area contributed by atoms with E-state index < -0.39 is 0 Å². The smallest absolute Gasteiger partial charge is 0.220 e. The molecule has 0 aliphatic carbocycles. The molecular formula is C20H25ClN2O2. The first-order valence-electron chi connectivity index (χ1n) is 8.53. The summed E-state index contributed by atoms with van der Waals surface area (Å²) in [6.45, 7) is 3.12. The molecule has 2 aromatic carbocycles. The highest BCUT2D eigenvalue weighted by Gasteiger charge is 2.17. The van der Waals surface area contributed by atoms with Crippen LogP contribution in [0.15, 0.2) is 54.6 Å². The third kappa shape index (κ3) is 6.40. The SMILES string of the molecule is Cl.O=C(CC1CCNC1)NCc1ccc(OCc2ccccc2)cc1. The van der Waals surface area contributed by atoms with Crippen molar-refractivity contribution in [3.8, 4) is 5.75 Å². The number of rotatable bonds is 7. The lowest BCUT2D eigenvalue weighted by Crippen LogP contribution is -2.25. The first kappa shape index (κ1) is 19.3. The maximum absolute atomic E-state index is 11.9. The molecule has 1 atom stereocenters. The quantitative estimate of drug-likeness (QED) is 0.796. The van der Waals surface area contributed by atoms with Gasteiger partial charge in [-0.3, -0.25) is 4.79 Å². The van der Waals surface area contributed by atoms with Crippen molar-refractivity contribution in [1.29, 1.82) is 0 Å². The molecule has 2 N–H and O–H groups in total. The highest BCUT2D eigenvalue weighted by Crippen LogP contribution is 2.15. The highest BCUT2D eigenvalue weighted by atomic mass is 35.5. The fourth-order valence-electron chi connectivity index (χ4n) is 2.87. The first-order valence-corrected chi connectivity index (χ1v) is 8.53. The molecule has 1 saturated heterocycles. The summed E-state index contributed by atoms with van der Waals surface area (Å²) >= 11 is 0. The van der Waals surface area contributed by atoms with Crippen molar-refractivity contribution in [3.05, 3.63) is 65.7 Å². The van der Waals surface area contributed by atoms with E-state index in [0.29, 0.717) is 25.5 Å². The van der Waals surface area contributed by atoms with Crippen LogP contribution in [0.1, 0.15) is 24.0 Å². The van der Waals surface area contributed by atoms with Gasteiger partial charge >= 0.3 is 0 Å². The molecule has 0 aromatic heterocycles. The van der Waals surface area contributed by atoms with Crippen LogP contribution in [-0.2, 0) is 17.9 Å². The van der Waals surface area contributed by atoms with Gasteiger partial charge in [-0.15, -0.1) is 12.4 Å². The van der Waals surface area contributed by atoms with Crippen LogP contribution in [-0.4, -0.2) is 19.0 Å². The second-order valence-electron chi connectivity index (χ2n) is 6.26. The minimum atomic E-state index is 0. The standard InChI is InChI=1S/C20H24N2O2.ClH/c23-20(12-18-10-11-21-13-18)22-14-16-6-8-19(9-7-16)24-15-17-4-2-1-3-5-17;/h1-9,18,21H,10-15H2,(H,22,23);1H. The molecule has 134 valence electrons. The summed E-state index contributed by atoms with van der Waals surface area (Å²) in [7, 11) is 0. The Bertz CT molecular complexity index is 641. The molecule has 3 rings (SSSR count). The van der Waals surface area contributed by atoms with E-state index in [1.807, 2.05) is 54.6 Å². The molecule has 1 amide bonds. The fourth-order valence-corrected chi connectivity index (χ4v) is 2.87. The molecule has 2 aromatic rings. The number of ether oxygens (including phenoxy) is 1. The van der Waals surface area contributed by atoms with Gasteiger partial charge in [0.25, 0.3) is 0 Å². The molecule has 25 heavy (non-hydrogen) atoms. The zero-order chi connectivity index (χ0) is 16.6. The van der Waals surface area contributed by atoms with Gasteiger partial charge in [0, 0.05) is 13.0 Å². The third-order valence-electron chi connectivity index (χ3n) is 4.30. The van der Waals surface area contributed by atoms with Gasteiger partial charge < -0.3 is 15.4 Å². The van der Waals surface area contributed by atoms with Gasteiger partial charge in [0.05, 0.1) is 0 Å². The Morgan fingerprint density at radius 1 is 1.08 bits per heavy atom. The number of nitrogens with one attached hydrogen (secondary N) is 2. The summed E-state index contributed by atoms with van der Waals surface area (Å²) in [5.41, 5.74) is 2.23. The van der Waals surface area contributed by atoms with Crippen molar-refractivity contribution in [3.63, 3.8) is 0 Å². The van der Waals surface area contributed by atoms with E-state index in [9.17, 15) is 4.79 Å². The van der Waals surface area contributed by atoms with Crippen LogP contribution in [0.4, 0.5) is 0 Å². The van der Waals surface area contributed by atoms with Gasteiger partial charge in [-0.1, -0.05) is 42.5 Å².